The first-order valence-corrected chi connectivity index (χ1v) is 7.72. The Kier molecular flexibility index (Phi) is 4.59. The molecule has 2 heterocycles. The summed E-state index contributed by atoms with van der Waals surface area (Å²) in [4.78, 5) is 18.6. The molecule has 0 aliphatic heterocycles. The normalized spacial score (nSPS) is 11.7. The molecule has 1 N–H and O–H groups in total. The van der Waals surface area contributed by atoms with Crippen molar-refractivity contribution in [1.82, 2.24) is 9.97 Å². The first-order valence-electron chi connectivity index (χ1n) is 5.30. The van der Waals surface area contributed by atoms with Crippen LogP contribution in [0, 0.1) is 6.92 Å². The highest BCUT2D eigenvalue weighted by Crippen LogP contribution is 2.40. The van der Waals surface area contributed by atoms with Crippen molar-refractivity contribution in [3.8, 4) is 0 Å². The van der Waals surface area contributed by atoms with Gasteiger partial charge in [0.05, 0.1) is 11.3 Å². The SMILES string of the molecule is Cc1nc(Sc2ncc(Br)cc2C(F)(F)F)sc1C(=O)O. The van der Waals surface area contributed by atoms with E-state index >= 15 is 0 Å². The van der Waals surface area contributed by atoms with E-state index in [0.29, 0.717) is 11.8 Å². The van der Waals surface area contributed by atoms with Gasteiger partial charge in [-0.2, -0.15) is 13.2 Å². The molecule has 0 spiro atoms. The molecule has 0 aliphatic carbocycles. The maximum absolute atomic E-state index is 13.0. The molecular formula is C11H6BrF3N2O2S2. The highest BCUT2D eigenvalue weighted by molar-refractivity contribution is 9.10. The van der Waals surface area contributed by atoms with Gasteiger partial charge in [-0.15, -0.1) is 0 Å². The van der Waals surface area contributed by atoms with Crippen LogP contribution >= 0.6 is 39.0 Å². The zero-order valence-electron chi connectivity index (χ0n) is 10.2. The van der Waals surface area contributed by atoms with Gasteiger partial charge in [0.2, 0.25) is 0 Å². The van der Waals surface area contributed by atoms with Gasteiger partial charge in [-0.05, 0) is 40.7 Å². The number of rotatable bonds is 3. The molecule has 10 heteroatoms. The first kappa shape index (κ1) is 16.2. The summed E-state index contributed by atoms with van der Waals surface area (Å²) in [6.45, 7) is 1.49. The Morgan fingerprint density at radius 2 is 2.14 bits per heavy atom. The summed E-state index contributed by atoms with van der Waals surface area (Å²) >= 11 is 4.46. The van der Waals surface area contributed by atoms with E-state index in [9.17, 15) is 18.0 Å². The maximum Gasteiger partial charge on any atom is 0.419 e. The van der Waals surface area contributed by atoms with E-state index in [1.807, 2.05) is 0 Å². The molecule has 2 aromatic heterocycles. The van der Waals surface area contributed by atoms with Crippen LogP contribution in [-0.4, -0.2) is 21.0 Å². The second-order valence-electron chi connectivity index (χ2n) is 3.81. The molecule has 112 valence electrons. The molecule has 0 atom stereocenters. The molecule has 2 aromatic rings. The Morgan fingerprint density at radius 1 is 1.48 bits per heavy atom. The predicted octanol–water partition coefficient (Wildman–Crippen LogP) is 4.48. The first-order chi connectivity index (χ1) is 9.68. The van der Waals surface area contributed by atoms with Crippen LogP contribution in [0.3, 0.4) is 0 Å². The van der Waals surface area contributed by atoms with Gasteiger partial charge in [0.1, 0.15) is 9.90 Å². The van der Waals surface area contributed by atoms with Crippen molar-refractivity contribution < 1.29 is 23.1 Å². The zero-order valence-corrected chi connectivity index (χ0v) is 13.5. The molecule has 21 heavy (non-hydrogen) atoms. The van der Waals surface area contributed by atoms with Crippen molar-refractivity contribution >= 4 is 45.0 Å². The number of aryl methyl sites for hydroxylation is 1. The van der Waals surface area contributed by atoms with E-state index in [-0.39, 0.29) is 24.4 Å². The molecule has 2 rings (SSSR count). The van der Waals surface area contributed by atoms with Gasteiger partial charge >= 0.3 is 12.1 Å². The average molecular weight is 399 g/mol. The molecule has 0 aromatic carbocycles. The summed E-state index contributed by atoms with van der Waals surface area (Å²) in [6.07, 6.45) is -3.31. The molecule has 0 fully saturated rings. The number of aromatic nitrogens is 2. The zero-order chi connectivity index (χ0) is 15.8. The number of thiazole rings is 1. The quantitative estimate of drug-likeness (QED) is 0.825. The highest BCUT2D eigenvalue weighted by atomic mass is 79.9. The molecule has 0 bridgehead atoms. The van der Waals surface area contributed by atoms with Crippen molar-refractivity contribution in [2.75, 3.05) is 0 Å². The Balaban J connectivity index is 2.40. The number of hydrogen-bond donors (Lipinski definition) is 1. The van der Waals surface area contributed by atoms with Crippen LogP contribution in [0.25, 0.3) is 0 Å². The second kappa shape index (κ2) is 5.93. The number of pyridine rings is 1. The minimum absolute atomic E-state index is 0.00294. The molecule has 0 unspecified atom stereocenters. The number of hydrogen-bond acceptors (Lipinski definition) is 5. The Bertz CT molecular complexity index is 703. The minimum atomic E-state index is -4.55. The number of alkyl halides is 3. The largest absolute Gasteiger partial charge is 0.477 e. The van der Waals surface area contributed by atoms with Gasteiger partial charge in [0, 0.05) is 10.7 Å². The number of aromatic carboxylic acids is 1. The topological polar surface area (TPSA) is 63.1 Å². The summed E-state index contributed by atoms with van der Waals surface area (Å²) in [5, 5.41) is 8.66. The third kappa shape index (κ3) is 3.74. The number of carboxylic acids is 1. The molecule has 0 radical (unpaired) electrons. The fourth-order valence-corrected chi connectivity index (χ4v) is 3.77. The predicted molar refractivity (Wildman–Crippen MR) is 74.9 cm³/mol. The van der Waals surface area contributed by atoms with Crippen LogP contribution in [0.15, 0.2) is 26.1 Å². The van der Waals surface area contributed by atoms with Crippen LogP contribution in [0.4, 0.5) is 13.2 Å². The molecule has 0 amide bonds. The van der Waals surface area contributed by atoms with Crippen LogP contribution in [0.5, 0.6) is 0 Å². The van der Waals surface area contributed by atoms with Crippen molar-refractivity contribution in [2.24, 2.45) is 0 Å². The van der Waals surface area contributed by atoms with E-state index in [1.165, 1.54) is 13.1 Å². The average Bonchev–Trinajstić information content (AvgIpc) is 2.71. The lowest BCUT2D eigenvalue weighted by Crippen LogP contribution is -2.08. The van der Waals surface area contributed by atoms with E-state index in [2.05, 4.69) is 25.9 Å². The Morgan fingerprint density at radius 3 is 2.67 bits per heavy atom. The molecule has 0 saturated heterocycles. The summed E-state index contributed by atoms with van der Waals surface area (Å²) in [5.41, 5.74) is -0.632. The number of carboxylic acid groups (broad SMARTS) is 1. The van der Waals surface area contributed by atoms with E-state index in [0.717, 1.165) is 17.4 Å². The highest BCUT2D eigenvalue weighted by Gasteiger charge is 2.35. The van der Waals surface area contributed by atoms with Crippen molar-refractivity contribution in [1.29, 1.82) is 0 Å². The van der Waals surface area contributed by atoms with Crippen LogP contribution in [-0.2, 0) is 6.18 Å². The summed E-state index contributed by atoms with van der Waals surface area (Å²) in [5.74, 6) is -1.16. The number of nitrogens with zero attached hydrogens (tertiary/aromatic N) is 2. The minimum Gasteiger partial charge on any atom is -0.477 e. The third-order valence-electron chi connectivity index (χ3n) is 2.28. The Hall–Kier alpha value is -1.13. The Labute approximate surface area is 133 Å². The van der Waals surface area contributed by atoms with Gasteiger partial charge in [0.15, 0.2) is 4.34 Å². The van der Waals surface area contributed by atoms with Crippen LogP contribution in [0.1, 0.15) is 20.9 Å². The fourth-order valence-electron chi connectivity index (χ4n) is 1.41. The van der Waals surface area contributed by atoms with Gasteiger partial charge in [-0.25, -0.2) is 14.8 Å². The standard InChI is InChI=1S/C11H6BrF3N2O2S2/c1-4-7(9(18)19)20-10(17-4)21-8-6(11(13,14)15)2-5(12)3-16-8/h2-3H,1H3,(H,18,19). The van der Waals surface area contributed by atoms with Gasteiger partial charge in [-0.3, -0.25) is 0 Å². The smallest absolute Gasteiger partial charge is 0.419 e. The van der Waals surface area contributed by atoms with Crippen molar-refractivity contribution in [3.63, 3.8) is 0 Å². The van der Waals surface area contributed by atoms with Crippen LogP contribution < -0.4 is 0 Å². The van der Waals surface area contributed by atoms with Gasteiger partial charge in [-0.1, -0.05) is 11.3 Å². The lowest BCUT2D eigenvalue weighted by molar-refractivity contribution is -0.140. The lowest BCUT2D eigenvalue weighted by atomic mass is 10.3. The summed E-state index contributed by atoms with van der Waals surface area (Å²) in [6, 6.07) is 0.925. The fraction of sp³-hybridized carbons (Fsp3) is 0.182. The second-order valence-corrected chi connectivity index (χ2v) is 6.96. The molecule has 0 aliphatic rings. The third-order valence-corrected chi connectivity index (χ3v) is 4.94. The van der Waals surface area contributed by atoms with Gasteiger partial charge in [0.25, 0.3) is 0 Å². The maximum atomic E-state index is 13.0. The molecule has 4 nitrogen and oxygen atoms in total. The van der Waals surface area contributed by atoms with E-state index in [4.69, 9.17) is 5.11 Å². The monoisotopic (exact) mass is 398 g/mol. The van der Waals surface area contributed by atoms with Gasteiger partial charge < -0.3 is 5.11 Å². The summed E-state index contributed by atoms with van der Waals surface area (Å²) in [7, 11) is 0. The van der Waals surface area contributed by atoms with E-state index in [1.54, 1.807) is 0 Å². The number of carbonyl (C=O) groups is 1. The number of halogens is 4. The van der Waals surface area contributed by atoms with Crippen molar-refractivity contribution in [2.45, 2.75) is 22.5 Å². The molecule has 0 saturated carbocycles. The van der Waals surface area contributed by atoms with Crippen molar-refractivity contribution in [3.05, 3.63) is 32.9 Å². The molecular weight excluding hydrogens is 393 g/mol. The lowest BCUT2D eigenvalue weighted by Gasteiger charge is -2.10. The van der Waals surface area contributed by atoms with E-state index < -0.39 is 17.7 Å². The summed E-state index contributed by atoms with van der Waals surface area (Å²) < 4.78 is 39.3. The van der Waals surface area contributed by atoms with Crippen LogP contribution in [0.2, 0.25) is 0 Å².